The predicted octanol–water partition coefficient (Wildman–Crippen LogP) is 3.79. The molecule has 68 valence electrons. The Morgan fingerprint density at radius 1 is 1.15 bits per heavy atom. The number of alkyl halides is 1. The van der Waals surface area contributed by atoms with Gasteiger partial charge in [0.15, 0.2) is 0 Å². The minimum absolute atomic E-state index is 0.201. The first kappa shape index (κ1) is 10.2. The molecule has 0 atom stereocenters. The lowest BCUT2D eigenvalue weighted by molar-refractivity contribution is 0.628. The fourth-order valence-corrected chi connectivity index (χ4v) is 1.09. The van der Waals surface area contributed by atoms with Gasteiger partial charge >= 0.3 is 0 Å². The number of benzene rings is 1. The first-order chi connectivity index (χ1) is 6.33. The Morgan fingerprint density at radius 3 is 2.46 bits per heavy atom. The fraction of sp³-hybridized carbons (Fsp3) is 0.0909. The highest BCUT2D eigenvalue weighted by molar-refractivity contribution is 9.09. The Labute approximate surface area is 85.9 Å². The molecule has 0 aliphatic heterocycles. The smallest absolute Gasteiger partial charge is 0.123 e. The number of halogens is 2. The fourth-order valence-electron chi connectivity index (χ4n) is 0.871. The van der Waals surface area contributed by atoms with Gasteiger partial charge in [-0.05, 0) is 17.7 Å². The summed E-state index contributed by atoms with van der Waals surface area (Å²) in [7, 11) is 0. The Kier molecular flexibility index (Phi) is 4.47. The first-order valence-electron chi connectivity index (χ1n) is 3.97. The van der Waals surface area contributed by atoms with Crippen LogP contribution in [-0.4, -0.2) is 5.33 Å². The summed E-state index contributed by atoms with van der Waals surface area (Å²) in [5.41, 5.74) is 1.00. The molecule has 0 aliphatic rings. The quantitative estimate of drug-likeness (QED) is 0.557. The first-order valence-corrected chi connectivity index (χ1v) is 5.10. The Bertz CT molecular complexity index is 298. The molecular weight excluding hydrogens is 231 g/mol. The van der Waals surface area contributed by atoms with Crippen LogP contribution in [0.4, 0.5) is 4.39 Å². The molecule has 1 aromatic carbocycles. The van der Waals surface area contributed by atoms with Crippen molar-refractivity contribution in [2.45, 2.75) is 0 Å². The Hall–Kier alpha value is -0.890. The van der Waals surface area contributed by atoms with E-state index in [0.717, 1.165) is 10.9 Å². The van der Waals surface area contributed by atoms with Crippen molar-refractivity contribution < 1.29 is 4.39 Å². The summed E-state index contributed by atoms with van der Waals surface area (Å²) in [6.07, 6.45) is 7.78. The van der Waals surface area contributed by atoms with Crippen molar-refractivity contribution in [3.05, 3.63) is 53.9 Å². The van der Waals surface area contributed by atoms with E-state index in [0.29, 0.717) is 0 Å². The molecule has 0 aliphatic carbocycles. The van der Waals surface area contributed by atoms with Crippen molar-refractivity contribution in [2.75, 3.05) is 5.33 Å². The van der Waals surface area contributed by atoms with E-state index in [1.165, 1.54) is 12.1 Å². The summed E-state index contributed by atoms with van der Waals surface area (Å²) in [6.45, 7) is 0. The maximum atomic E-state index is 12.5. The summed E-state index contributed by atoms with van der Waals surface area (Å²) < 4.78 is 12.5. The third-order valence-electron chi connectivity index (χ3n) is 1.49. The topological polar surface area (TPSA) is 0 Å². The van der Waals surface area contributed by atoms with Gasteiger partial charge in [-0.15, -0.1) is 0 Å². The number of hydrogen-bond acceptors (Lipinski definition) is 0. The van der Waals surface area contributed by atoms with Crippen molar-refractivity contribution in [2.24, 2.45) is 0 Å². The molecule has 1 aromatic rings. The van der Waals surface area contributed by atoms with Crippen LogP contribution in [0.5, 0.6) is 0 Å². The summed E-state index contributed by atoms with van der Waals surface area (Å²) in [6, 6.07) is 6.39. The largest absolute Gasteiger partial charge is 0.207 e. The van der Waals surface area contributed by atoms with Gasteiger partial charge in [-0.1, -0.05) is 52.4 Å². The van der Waals surface area contributed by atoms with Crippen LogP contribution in [0.25, 0.3) is 6.08 Å². The second kappa shape index (κ2) is 5.70. The monoisotopic (exact) mass is 240 g/mol. The zero-order valence-corrected chi connectivity index (χ0v) is 8.67. The molecule has 0 amide bonds. The minimum Gasteiger partial charge on any atom is -0.207 e. The lowest BCUT2D eigenvalue weighted by Crippen LogP contribution is -1.73. The van der Waals surface area contributed by atoms with E-state index < -0.39 is 0 Å². The molecule has 0 N–H and O–H groups in total. The van der Waals surface area contributed by atoms with Crippen molar-refractivity contribution in [3.63, 3.8) is 0 Å². The zero-order chi connectivity index (χ0) is 9.52. The molecule has 2 heteroatoms. The molecule has 0 nitrogen and oxygen atoms in total. The third kappa shape index (κ3) is 4.04. The van der Waals surface area contributed by atoms with Gasteiger partial charge in [-0.3, -0.25) is 0 Å². The van der Waals surface area contributed by atoms with Crippen LogP contribution in [-0.2, 0) is 0 Å². The van der Waals surface area contributed by atoms with E-state index in [4.69, 9.17) is 0 Å². The molecule has 13 heavy (non-hydrogen) atoms. The van der Waals surface area contributed by atoms with Crippen molar-refractivity contribution in [1.29, 1.82) is 0 Å². The van der Waals surface area contributed by atoms with Crippen LogP contribution in [0.1, 0.15) is 5.56 Å². The van der Waals surface area contributed by atoms with E-state index in [2.05, 4.69) is 15.9 Å². The normalized spacial score (nSPS) is 11.5. The van der Waals surface area contributed by atoms with Gasteiger partial charge in [0.25, 0.3) is 0 Å². The van der Waals surface area contributed by atoms with Crippen molar-refractivity contribution in [1.82, 2.24) is 0 Å². The minimum atomic E-state index is -0.201. The molecule has 0 unspecified atom stereocenters. The molecule has 1 rings (SSSR count). The molecule has 0 heterocycles. The summed E-state index contributed by atoms with van der Waals surface area (Å²) in [5.74, 6) is -0.201. The van der Waals surface area contributed by atoms with Crippen LogP contribution in [0, 0.1) is 5.82 Å². The van der Waals surface area contributed by atoms with Gasteiger partial charge in [-0.2, -0.15) is 0 Å². The molecule has 0 spiro atoms. The van der Waals surface area contributed by atoms with Gasteiger partial charge < -0.3 is 0 Å². The molecule has 0 fully saturated rings. The molecule has 0 aromatic heterocycles. The second-order valence-electron chi connectivity index (χ2n) is 2.49. The number of hydrogen-bond donors (Lipinski definition) is 0. The average molecular weight is 241 g/mol. The Morgan fingerprint density at radius 2 is 1.85 bits per heavy atom. The molecule has 0 saturated heterocycles. The predicted molar refractivity (Wildman–Crippen MR) is 58.4 cm³/mol. The summed E-state index contributed by atoms with van der Waals surface area (Å²) >= 11 is 3.28. The maximum Gasteiger partial charge on any atom is 0.123 e. The molecule has 0 saturated carbocycles. The van der Waals surface area contributed by atoms with Crippen LogP contribution in [0.15, 0.2) is 42.5 Å². The lowest BCUT2D eigenvalue weighted by Gasteiger charge is -1.90. The van der Waals surface area contributed by atoms with E-state index in [1.807, 2.05) is 24.3 Å². The number of allylic oxidation sites excluding steroid dienone is 3. The van der Waals surface area contributed by atoms with Crippen LogP contribution in [0.2, 0.25) is 0 Å². The highest BCUT2D eigenvalue weighted by atomic mass is 79.9. The summed E-state index contributed by atoms with van der Waals surface area (Å²) in [4.78, 5) is 0. The van der Waals surface area contributed by atoms with E-state index in [-0.39, 0.29) is 5.82 Å². The molecular formula is C11H10BrF. The van der Waals surface area contributed by atoms with E-state index in [1.54, 1.807) is 12.1 Å². The van der Waals surface area contributed by atoms with Gasteiger partial charge in [-0.25, -0.2) is 4.39 Å². The third-order valence-corrected chi connectivity index (χ3v) is 1.87. The standard InChI is InChI=1S/C11H10BrF/c12-9-3-1-2-4-10-5-7-11(13)8-6-10/h1-8H,9H2. The van der Waals surface area contributed by atoms with Crippen molar-refractivity contribution >= 4 is 22.0 Å². The average Bonchev–Trinajstić information content (AvgIpc) is 2.15. The van der Waals surface area contributed by atoms with E-state index in [9.17, 15) is 4.39 Å². The molecule has 0 radical (unpaired) electrons. The Balaban J connectivity index is 2.59. The highest BCUT2D eigenvalue weighted by Crippen LogP contribution is 2.04. The second-order valence-corrected chi connectivity index (χ2v) is 3.14. The molecule has 0 bridgehead atoms. The van der Waals surface area contributed by atoms with Crippen LogP contribution >= 0.6 is 15.9 Å². The van der Waals surface area contributed by atoms with Crippen molar-refractivity contribution in [3.8, 4) is 0 Å². The van der Waals surface area contributed by atoms with Gasteiger partial charge in [0.2, 0.25) is 0 Å². The highest BCUT2D eigenvalue weighted by Gasteiger charge is 1.86. The SMILES string of the molecule is Fc1ccc(C=CC=CCBr)cc1. The van der Waals surface area contributed by atoms with Gasteiger partial charge in [0, 0.05) is 5.33 Å². The number of rotatable bonds is 3. The van der Waals surface area contributed by atoms with Crippen LogP contribution < -0.4 is 0 Å². The van der Waals surface area contributed by atoms with E-state index >= 15 is 0 Å². The zero-order valence-electron chi connectivity index (χ0n) is 7.08. The maximum absolute atomic E-state index is 12.5. The summed E-state index contributed by atoms with van der Waals surface area (Å²) in [5, 5.41) is 0.848. The lowest BCUT2D eigenvalue weighted by atomic mass is 10.2. The van der Waals surface area contributed by atoms with Gasteiger partial charge in [0.1, 0.15) is 5.82 Å². The van der Waals surface area contributed by atoms with Gasteiger partial charge in [0.05, 0.1) is 0 Å². The van der Waals surface area contributed by atoms with Crippen LogP contribution in [0.3, 0.4) is 0 Å².